The minimum atomic E-state index is 0.157. The van der Waals surface area contributed by atoms with E-state index in [9.17, 15) is 4.79 Å². The van der Waals surface area contributed by atoms with Gasteiger partial charge >= 0.3 is 0 Å². The fraction of sp³-hybridized carbons (Fsp3) is 0.308. The van der Waals surface area contributed by atoms with Gasteiger partial charge in [-0.1, -0.05) is 23.2 Å². The van der Waals surface area contributed by atoms with Crippen LogP contribution in [0.15, 0.2) is 18.3 Å². The highest BCUT2D eigenvalue weighted by atomic mass is 35.5. The van der Waals surface area contributed by atoms with Crippen molar-refractivity contribution in [2.24, 2.45) is 0 Å². The van der Waals surface area contributed by atoms with Crippen molar-refractivity contribution in [1.82, 2.24) is 4.90 Å². The van der Waals surface area contributed by atoms with Crippen LogP contribution in [-0.4, -0.2) is 24.8 Å². The normalized spacial score (nSPS) is 17.2. The molecule has 0 radical (unpaired) electrons. The van der Waals surface area contributed by atoms with E-state index in [1.165, 1.54) is 0 Å². The average molecular weight is 270 g/mol. The van der Waals surface area contributed by atoms with Crippen molar-refractivity contribution in [3.63, 3.8) is 0 Å². The number of ketones is 1. The Kier molecular flexibility index (Phi) is 3.45. The van der Waals surface area contributed by atoms with Gasteiger partial charge in [-0.2, -0.15) is 0 Å². The Bertz CT molecular complexity index is 506. The molecule has 0 bridgehead atoms. The Labute approximate surface area is 111 Å². The molecule has 0 aromatic heterocycles. The first kappa shape index (κ1) is 12.5. The van der Waals surface area contributed by atoms with Crippen molar-refractivity contribution in [2.45, 2.75) is 12.8 Å². The molecule has 0 fully saturated rings. The Morgan fingerprint density at radius 2 is 1.82 bits per heavy atom. The highest BCUT2D eigenvalue weighted by molar-refractivity contribution is 6.42. The number of hydrogen-bond donors (Lipinski definition) is 0. The zero-order chi connectivity index (χ0) is 12.6. The smallest absolute Gasteiger partial charge is 0.165 e. The number of rotatable bonds is 1. The summed E-state index contributed by atoms with van der Waals surface area (Å²) < 4.78 is 0. The van der Waals surface area contributed by atoms with Crippen LogP contribution in [0.2, 0.25) is 10.0 Å². The third-order valence-electron chi connectivity index (χ3n) is 2.75. The van der Waals surface area contributed by atoms with Crippen LogP contribution in [0.4, 0.5) is 0 Å². The third-order valence-corrected chi connectivity index (χ3v) is 3.47. The first-order valence-electron chi connectivity index (χ1n) is 5.39. The molecule has 0 N–H and O–H groups in total. The van der Waals surface area contributed by atoms with E-state index in [1.54, 1.807) is 6.07 Å². The minimum absolute atomic E-state index is 0.157. The number of Topliss-reactive ketones (excluding diaryl/α,β-unsaturated/α-hetero) is 1. The van der Waals surface area contributed by atoms with Gasteiger partial charge in [0.1, 0.15) is 0 Å². The molecule has 0 amide bonds. The van der Waals surface area contributed by atoms with E-state index >= 15 is 0 Å². The summed E-state index contributed by atoms with van der Waals surface area (Å²) in [7, 11) is 3.79. The number of nitrogens with zero attached hydrogens (tertiary/aromatic N) is 1. The first-order chi connectivity index (χ1) is 7.99. The second-order valence-corrected chi connectivity index (χ2v) is 5.17. The highest BCUT2D eigenvalue weighted by Gasteiger charge is 2.22. The molecule has 0 heterocycles. The zero-order valence-corrected chi connectivity index (χ0v) is 11.3. The highest BCUT2D eigenvalue weighted by Crippen LogP contribution is 2.34. The van der Waals surface area contributed by atoms with Crippen LogP contribution >= 0.6 is 23.2 Å². The van der Waals surface area contributed by atoms with Crippen molar-refractivity contribution in [3.05, 3.63) is 39.5 Å². The summed E-state index contributed by atoms with van der Waals surface area (Å²) in [5, 5.41) is 1.04. The van der Waals surface area contributed by atoms with Crippen LogP contribution < -0.4 is 0 Å². The number of allylic oxidation sites excluding steroid dienone is 1. The molecule has 0 atom stereocenters. The topological polar surface area (TPSA) is 20.3 Å². The van der Waals surface area contributed by atoms with E-state index in [2.05, 4.69) is 0 Å². The van der Waals surface area contributed by atoms with Crippen molar-refractivity contribution in [1.29, 1.82) is 0 Å². The summed E-state index contributed by atoms with van der Waals surface area (Å²) in [6.07, 6.45) is 3.10. The van der Waals surface area contributed by atoms with Crippen molar-refractivity contribution < 1.29 is 4.79 Å². The van der Waals surface area contributed by atoms with Crippen LogP contribution in [0.1, 0.15) is 17.5 Å². The Hall–Kier alpha value is -0.990. The van der Waals surface area contributed by atoms with Gasteiger partial charge in [0.2, 0.25) is 0 Å². The number of fused-ring (bicyclic) bond motifs is 1. The van der Waals surface area contributed by atoms with Crippen LogP contribution in [0, 0.1) is 0 Å². The van der Waals surface area contributed by atoms with Crippen molar-refractivity contribution in [3.8, 4) is 0 Å². The summed E-state index contributed by atoms with van der Waals surface area (Å²) in [5.74, 6) is 0.157. The van der Waals surface area contributed by atoms with E-state index in [-0.39, 0.29) is 5.78 Å². The molecule has 4 heteroatoms. The molecule has 0 saturated carbocycles. The number of hydrogen-bond acceptors (Lipinski definition) is 2. The predicted octanol–water partition coefficient (Wildman–Crippen LogP) is 3.41. The summed E-state index contributed by atoms with van der Waals surface area (Å²) in [6.45, 7) is 0. The Balaban J connectivity index is 2.59. The minimum Gasteiger partial charge on any atom is -0.383 e. The fourth-order valence-electron chi connectivity index (χ4n) is 1.98. The SMILES string of the molecule is CN(C)/C=C1\C(=O)CCc2cc(Cl)c(Cl)cc21. The molecule has 2 rings (SSSR count). The van der Waals surface area contributed by atoms with E-state index in [0.717, 1.165) is 23.1 Å². The van der Waals surface area contributed by atoms with Crippen LogP contribution in [-0.2, 0) is 11.2 Å². The van der Waals surface area contributed by atoms with Gasteiger partial charge in [0.05, 0.1) is 10.0 Å². The maximum Gasteiger partial charge on any atom is 0.165 e. The molecular formula is C13H13Cl2NO. The predicted molar refractivity (Wildman–Crippen MR) is 71.5 cm³/mol. The second kappa shape index (κ2) is 4.71. The molecular weight excluding hydrogens is 257 g/mol. The third kappa shape index (κ3) is 2.48. The van der Waals surface area contributed by atoms with Crippen LogP contribution in [0.25, 0.3) is 5.57 Å². The number of benzene rings is 1. The number of aryl methyl sites for hydroxylation is 1. The molecule has 0 aliphatic heterocycles. The monoisotopic (exact) mass is 269 g/mol. The van der Waals surface area contributed by atoms with Gasteiger partial charge in [-0.3, -0.25) is 4.79 Å². The van der Waals surface area contributed by atoms with E-state index in [0.29, 0.717) is 16.5 Å². The van der Waals surface area contributed by atoms with Gasteiger partial charge < -0.3 is 4.90 Å². The van der Waals surface area contributed by atoms with Crippen LogP contribution in [0.5, 0.6) is 0 Å². The van der Waals surface area contributed by atoms with Crippen molar-refractivity contribution in [2.75, 3.05) is 14.1 Å². The summed E-state index contributed by atoms with van der Waals surface area (Å²) in [4.78, 5) is 13.8. The molecule has 1 aliphatic carbocycles. The van der Waals surface area contributed by atoms with Crippen molar-refractivity contribution >= 4 is 34.6 Å². The average Bonchev–Trinajstić information content (AvgIpc) is 2.25. The van der Waals surface area contributed by atoms with E-state index in [1.807, 2.05) is 31.3 Å². The quantitative estimate of drug-likeness (QED) is 0.729. The molecule has 90 valence electrons. The molecule has 0 unspecified atom stereocenters. The molecule has 0 saturated heterocycles. The largest absolute Gasteiger partial charge is 0.383 e. The second-order valence-electron chi connectivity index (χ2n) is 4.35. The molecule has 1 aliphatic rings. The van der Waals surface area contributed by atoms with Crippen LogP contribution in [0.3, 0.4) is 0 Å². The standard InChI is InChI=1S/C13H13Cl2NO/c1-16(2)7-10-9-6-12(15)11(14)5-8(9)3-4-13(10)17/h5-7H,3-4H2,1-2H3/b10-7-. The van der Waals surface area contributed by atoms with E-state index in [4.69, 9.17) is 23.2 Å². The Morgan fingerprint density at radius 3 is 2.47 bits per heavy atom. The van der Waals surface area contributed by atoms with E-state index < -0.39 is 0 Å². The summed E-state index contributed by atoms with van der Waals surface area (Å²) in [6, 6.07) is 3.64. The van der Waals surface area contributed by atoms with Gasteiger partial charge in [0.15, 0.2) is 5.78 Å². The lowest BCUT2D eigenvalue weighted by Crippen LogP contribution is -2.15. The maximum atomic E-state index is 11.9. The fourth-order valence-corrected chi connectivity index (χ4v) is 2.33. The lowest BCUT2D eigenvalue weighted by molar-refractivity contribution is -0.113. The first-order valence-corrected chi connectivity index (χ1v) is 6.14. The molecule has 2 nitrogen and oxygen atoms in total. The van der Waals surface area contributed by atoms with Gasteiger partial charge in [0, 0.05) is 32.3 Å². The Morgan fingerprint density at radius 1 is 1.18 bits per heavy atom. The number of carbonyl (C=O) groups excluding carboxylic acids is 1. The molecule has 1 aromatic rings. The molecule has 17 heavy (non-hydrogen) atoms. The lowest BCUT2D eigenvalue weighted by Gasteiger charge is -2.20. The van der Waals surface area contributed by atoms with Gasteiger partial charge in [-0.25, -0.2) is 0 Å². The molecule has 0 spiro atoms. The number of carbonyl (C=O) groups is 1. The zero-order valence-electron chi connectivity index (χ0n) is 9.76. The maximum absolute atomic E-state index is 11.9. The lowest BCUT2D eigenvalue weighted by atomic mass is 9.87. The van der Waals surface area contributed by atoms with Gasteiger partial charge in [-0.05, 0) is 29.7 Å². The summed E-state index contributed by atoms with van der Waals surface area (Å²) >= 11 is 12.0. The molecule has 1 aromatic carbocycles. The summed E-state index contributed by atoms with van der Waals surface area (Å²) in [5.41, 5.74) is 2.71. The van der Waals surface area contributed by atoms with Gasteiger partial charge in [-0.15, -0.1) is 0 Å². The van der Waals surface area contributed by atoms with Gasteiger partial charge in [0.25, 0.3) is 0 Å². The number of halogens is 2.